The van der Waals surface area contributed by atoms with Crippen LogP contribution in [0, 0.1) is 17.5 Å². The van der Waals surface area contributed by atoms with Gasteiger partial charge in [0, 0.05) is 11.6 Å². The van der Waals surface area contributed by atoms with Gasteiger partial charge >= 0.3 is 5.97 Å². The normalized spacial score (nSPS) is 10.7. The van der Waals surface area contributed by atoms with Gasteiger partial charge in [-0.05, 0) is 6.07 Å². The average molecular weight is 278 g/mol. The highest BCUT2D eigenvalue weighted by Gasteiger charge is 2.21. The molecule has 1 aromatic carbocycles. The minimum Gasteiger partial charge on any atom is -0.475 e. The molecule has 0 spiro atoms. The third-order valence-corrected chi connectivity index (χ3v) is 2.43. The summed E-state index contributed by atoms with van der Waals surface area (Å²) in [6.45, 7) is 0. The summed E-state index contributed by atoms with van der Waals surface area (Å²) in [7, 11) is 0. The number of halogens is 4. The molecule has 4 nitrogen and oxygen atoms in total. The Bertz CT molecular complexity index is 642. The molecule has 0 saturated carbocycles. The fraction of sp³-hybridized carbons (Fsp3) is 0. The first-order valence-electron chi connectivity index (χ1n) is 4.45. The van der Waals surface area contributed by atoms with E-state index in [0.717, 1.165) is 6.07 Å². The summed E-state index contributed by atoms with van der Waals surface area (Å²) in [5.41, 5.74) is -0.791. The molecule has 0 aliphatic carbocycles. The molecular formula is C10H3ClF3NO3. The van der Waals surface area contributed by atoms with Crippen LogP contribution < -0.4 is 0 Å². The Balaban J connectivity index is 2.60. The second-order valence-corrected chi connectivity index (χ2v) is 3.61. The third kappa shape index (κ3) is 1.92. The van der Waals surface area contributed by atoms with E-state index >= 15 is 0 Å². The van der Waals surface area contributed by atoms with Crippen molar-refractivity contribution in [3.63, 3.8) is 0 Å². The topological polar surface area (TPSA) is 63.3 Å². The van der Waals surface area contributed by atoms with E-state index in [2.05, 4.69) is 9.68 Å². The predicted molar refractivity (Wildman–Crippen MR) is 53.8 cm³/mol. The highest BCUT2D eigenvalue weighted by molar-refractivity contribution is 6.31. The van der Waals surface area contributed by atoms with Crippen molar-refractivity contribution in [3.05, 3.63) is 40.4 Å². The number of carboxylic acid groups (broad SMARTS) is 1. The maximum atomic E-state index is 13.6. The van der Waals surface area contributed by atoms with Crippen LogP contribution in [0.25, 0.3) is 11.3 Å². The van der Waals surface area contributed by atoms with Gasteiger partial charge < -0.3 is 9.63 Å². The Morgan fingerprint density at radius 2 is 1.94 bits per heavy atom. The zero-order valence-corrected chi connectivity index (χ0v) is 9.13. The number of hydrogen-bond donors (Lipinski definition) is 1. The van der Waals surface area contributed by atoms with Gasteiger partial charge in [-0.25, -0.2) is 18.0 Å². The molecule has 94 valence electrons. The number of carboxylic acids is 1. The highest BCUT2D eigenvalue weighted by Crippen LogP contribution is 2.31. The van der Waals surface area contributed by atoms with Gasteiger partial charge in [0.1, 0.15) is 10.7 Å². The molecule has 1 aromatic heterocycles. The van der Waals surface area contributed by atoms with Crippen molar-refractivity contribution in [2.24, 2.45) is 0 Å². The van der Waals surface area contributed by atoms with E-state index in [9.17, 15) is 18.0 Å². The van der Waals surface area contributed by atoms with Crippen molar-refractivity contribution in [2.45, 2.75) is 0 Å². The van der Waals surface area contributed by atoms with Crippen LogP contribution in [0.1, 0.15) is 10.6 Å². The molecule has 0 radical (unpaired) electrons. The monoisotopic (exact) mass is 277 g/mol. The number of carbonyl (C=O) groups is 1. The number of nitrogens with zero attached hydrogens (tertiary/aromatic N) is 1. The number of hydrogen-bond acceptors (Lipinski definition) is 3. The molecule has 0 bridgehead atoms. The second kappa shape index (κ2) is 4.34. The van der Waals surface area contributed by atoms with Gasteiger partial charge in [0.05, 0.1) is 0 Å². The van der Waals surface area contributed by atoms with Crippen LogP contribution in [0.2, 0.25) is 5.02 Å². The minimum absolute atomic E-state index is 0.300. The maximum Gasteiger partial charge on any atom is 0.374 e. The molecule has 2 rings (SSSR count). The Kier molecular flexibility index (Phi) is 3.00. The van der Waals surface area contributed by atoms with Crippen molar-refractivity contribution in [1.29, 1.82) is 0 Å². The lowest BCUT2D eigenvalue weighted by Crippen LogP contribution is -1.94. The molecule has 18 heavy (non-hydrogen) atoms. The van der Waals surface area contributed by atoms with Gasteiger partial charge in [-0.15, -0.1) is 0 Å². The third-order valence-electron chi connectivity index (χ3n) is 2.10. The van der Waals surface area contributed by atoms with Gasteiger partial charge in [-0.2, -0.15) is 0 Å². The second-order valence-electron chi connectivity index (χ2n) is 3.23. The summed E-state index contributed by atoms with van der Waals surface area (Å²) in [4.78, 5) is 10.5. The molecule has 0 saturated heterocycles. The van der Waals surface area contributed by atoms with E-state index in [1.165, 1.54) is 0 Å². The Hall–Kier alpha value is -2.02. The Morgan fingerprint density at radius 3 is 2.50 bits per heavy atom. The van der Waals surface area contributed by atoms with Crippen LogP contribution in [0.3, 0.4) is 0 Å². The average Bonchev–Trinajstić information content (AvgIpc) is 2.80. The van der Waals surface area contributed by atoms with E-state index in [1.54, 1.807) is 0 Å². The molecule has 8 heteroatoms. The summed E-state index contributed by atoms with van der Waals surface area (Å²) in [5, 5.41) is 10.8. The van der Waals surface area contributed by atoms with Crippen molar-refractivity contribution >= 4 is 17.6 Å². The van der Waals surface area contributed by atoms with E-state index in [0.29, 0.717) is 6.07 Å². The lowest BCUT2D eigenvalue weighted by atomic mass is 10.1. The quantitative estimate of drug-likeness (QED) is 0.677. The lowest BCUT2D eigenvalue weighted by Gasteiger charge is -2.03. The number of aromatic carboxylic acids is 1. The van der Waals surface area contributed by atoms with Crippen molar-refractivity contribution < 1.29 is 27.6 Å². The summed E-state index contributed by atoms with van der Waals surface area (Å²) in [6.07, 6.45) is 0. The molecule has 0 fully saturated rings. The van der Waals surface area contributed by atoms with E-state index in [4.69, 9.17) is 16.7 Å². The molecular weight excluding hydrogens is 275 g/mol. The van der Waals surface area contributed by atoms with Crippen molar-refractivity contribution in [3.8, 4) is 11.3 Å². The minimum atomic E-state index is -1.53. The summed E-state index contributed by atoms with van der Waals surface area (Å²) >= 11 is 5.24. The zero-order chi connectivity index (χ0) is 13.4. The lowest BCUT2D eigenvalue weighted by molar-refractivity contribution is 0.0652. The smallest absolute Gasteiger partial charge is 0.374 e. The Labute approximate surface area is 103 Å². The molecule has 0 atom stereocenters. The largest absolute Gasteiger partial charge is 0.475 e. The molecule has 1 heterocycles. The van der Waals surface area contributed by atoms with Crippen molar-refractivity contribution in [1.82, 2.24) is 5.16 Å². The Morgan fingerprint density at radius 1 is 1.28 bits per heavy atom. The fourth-order valence-electron chi connectivity index (χ4n) is 1.26. The van der Waals surface area contributed by atoms with Crippen LogP contribution >= 0.6 is 11.6 Å². The van der Waals surface area contributed by atoms with Gasteiger partial charge in [0.15, 0.2) is 17.5 Å². The molecule has 1 N–H and O–H groups in total. The first-order chi connectivity index (χ1) is 8.41. The zero-order valence-electron chi connectivity index (χ0n) is 8.38. The van der Waals surface area contributed by atoms with E-state index in [-0.39, 0.29) is 5.69 Å². The van der Waals surface area contributed by atoms with Crippen LogP contribution in [0.5, 0.6) is 0 Å². The predicted octanol–water partition coefficient (Wildman–Crippen LogP) is 3.11. The first-order valence-corrected chi connectivity index (χ1v) is 4.83. The molecule has 0 aliphatic rings. The first kappa shape index (κ1) is 12.4. The number of benzene rings is 1. The van der Waals surface area contributed by atoms with E-state index in [1.807, 2.05) is 0 Å². The summed E-state index contributed by atoms with van der Waals surface area (Å²) in [5.74, 6) is -6.15. The van der Waals surface area contributed by atoms with Crippen molar-refractivity contribution in [2.75, 3.05) is 0 Å². The SMILES string of the molecule is O=C(O)c1cc(-c2cc(F)c(F)c(Cl)c2F)no1. The summed E-state index contributed by atoms with van der Waals surface area (Å²) < 4.78 is 43.9. The van der Waals surface area contributed by atoms with Gasteiger partial charge in [-0.3, -0.25) is 0 Å². The van der Waals surface area contributed by atoms with Crippen LogP contribution in [0.4, 0.5) is 13.2 Å². The fourth-order valence-corrected chi connectivity index (χ4v) is 1.45. The summed E-state index contributed by atoms with van der Waals surface area (Å²) in [6, 6.07) is 1.38. The van der Waals surface area contributed by atoms with Crippen LogP contribution in [0.15, 0.2) is 16.7 Å². The van der Waals surface area contributed by atoms with Gasteiger partial charge in [0.2, 0.25) is 5.76 Å². The molecule has 0 aliphatic heterocycles. The van der Waals surface area contributed by atoms with Gasteiger partial charge in [-0.1, -0.05) is 16.8 Å². The maximum absolute atomic E-state index is 13.6. The van der Waals surface area contributed by atoms with Gasteiger partial charge in [0.25, 0.3) is 0 Å². The van der Waals surface area contributed by atoms with E-state index < -0.39 is 39.8 Å². The highest BCUT2D eigenvalue weighted by atomic mass is 35.5. The van der Waals surface area contributed by atoms with Crippen LogP contribution in [-0.2, 0) is 0 Å². The molecule has 2 aromatic rings. The molecule has 0 unspecified atom stereocenters. The van der Waals surface area contributed by atoms with Crippen LogP contribution in [-0.4, -0.2) is 16.2 Å². The molecule has 0 amide bonds. The number of rotatable bonds is 2. The standard InChI is InChI=1S/C10H3ClF3NO3/c11-7-8(13)3(1-4(12)9(7)14)5-2-6(10(16)17)18-15-5/h1-2H,(H,16,17). The number of aromatic nitrogens is 1.